The van der Waals surface area contributed by atoms with E-state index in [1.54, 1.807) is 31.2 Å². The normalized spacial score (nSPS) is 13.3. The van der Waals surface area contributed by atoms with Gasteiger partial charge in [-0.25, -0.2) is 13.9 Å². The number of hydrogen-bond acceptors (Lipinski definition) is 4. The lowest BCUT2D eigenvalue weighted by molar-refractivity contribution is -0.693. The topological polar surface area (TPSA) is 70.5 Å². The van der Waals surface area contributed by atoms with Crippen molar-refractivity contribution in [3.8, 4) is 11.3 Å². The van der Waals surface area contributed by atoms with E-state index >= 15 is 0 Å². The van der Waals surface area contributed by atoms with Gasteiger partial charge in [-0.2, -0.15) is 0 Å². The van der Waals surface area contributed by atoms with Crippen LogP contribution in [0.15, 0.2) is 59.7 Å². The number of aliphatic imine (C=N–C) groups is 1. The number of esters is 1. The number of rotatable bonds is 6. The number of carbonyl (C=O) groups is 1. The summed E-state index contributed by atoms with van der Waals surface area (Å²) in [7, 11) is 0. The molecule has 0 N–H and O–H groups in total. The maximum atomic E-state index is 12.6. The fourth-order valence-corrected chi connectivity index (χ4v) is 3.83. The Morgan fingerprint density at radius 2 is 1.93 bits per heavy atom. The molecule has 0 bridgehead atoms. The number of benzene rings is 2. The van der Waals surface area contributed by atoms with Crippen molar-refractivity contribution in [2.45, 2.75) is 32.9 Å². The molecular formula is C23H22ClN3O3. The van der Waals surface area contributed by atoms with Gasteiger partial charge < -0.3 is 9.84 Å². The quantitative estimate of drug-likeness (QED) is 0.264. The monoisotopic (exact) mass is 423 g/mol. The SMILES string of the molecule is CCOC(=O)c1ccc(N=C([O-])C[n+]2cc(-c3ccc(Cl)cc3)n3c2CCC3)cc1. The van der Waals surface area contributed by atoms with Crippen molar-refractivity contribution in [2.75, 3.05) is 6.61 Å². The third kappa shape index (κ3) is 4.24. The Morgan fingerprint density at radius 1 is 1.20 bits per heavy atom. The van der Waals surface area contributed by atoms with Crippen molar-refractivity contribution >= 4 is 29.2 Å². The van der Waals surface area contributed by atoms with Gasteiger partial charge in [0, 0.05) is 16.5 Å². The predicted molar refractivity (Wildman–Crippen MR) is 113 cm³/mol. The van der Waals surface area contributed by atoms with Crippen LogP contribution in [0.4, 0.5) is 5.69 Å². The van der Waals surface area contributed by atoms with Crippen LogP contribution < -0.4 is 9.67 Å². The van der Waals surface area contributed by atoms with Gasteiger partial charge in [-0.15, -0.1) is 0 Å². The molecule has 1 aliphatic heterocycles. The first-order valence-electron chi connectivity index (χ1n) is 9.94. The van der Waals surface area contributed by atoms with Crippen LogP contribution in [0.3, 0.4) is 0 Å². The first kappa shape index (κ1) is 20.2. The van der Waals surface area contributed by atoms with E-state index in [4.69, 9.17) is 16.3 Å². The molecule has 6 nitrogen and oxygen atoms in total. The molecule has 0 atom stereocenters. The van der Waals surface area contributed by atoms with Crippen molar-refractivity contribution < 1.29 is 19.2 Å². The second-order valence-corrected chi connectivity index (χ2v) is 7.53. The predicted octanol–water partition coefficient (Wildman–Crippen LogP) is 3.31. The summed E-state index contributed by atoms with van der Waals surface area (Å²) in [4.78, 5) is 15.9. The highest BCUT2D eigenvalue weighted by Gasteiger charge is 2.28. The van der Waals surface area contributed by atoms with Gasteiger partial charge in [0.2, 0.25) is 0 Å². The summed E-state index contributed by atoms with van der Waals surface area (Å²) in [6.07, 6.45) is 3.99. The van der Waals surface area contributed by atoms with Crippen molar-refractivity contribution in [3.05, 3.63) is 71.1 Å². The Morgan fingerprint density at radius 3 is 2.63 bits per heavy atom. The third-order valence-electron chi connectivity index (χ3n) is 5.07. The minimum atomic E-state index is -0.384. The molecule has 0 spiro atoms. The zero-order valence-corrected chi connectivity index (χ0v) is 17.4. The Hall–Kier alpha value is -3.12. The van der Waals surface area contributed by atoms with E-state index < -0.39 is 0 Å². The summed E-state index contributed by atoms with van der Waals surface area (Å²) in [6.45, 7) is 3.18. The average Bonchev–Trinajstić information content (AvgIpc) is 3.33. The molecule has 0 saturated carbocycles. The summed E-state index contributed by atoms with van der Waals surface area (Å²) in [5, 5.41) is 13.3. The summed E-state index contributed by atoms with van der Waals surface area (Å²) < 4.78 is 9.20. The maximum Gasteiger partial charge on any atom is 0.338 e. The van der Waals surface area contributed by atoms with Gasteiger partial charge in [-0.05, 0) is 61.9 Å². The Kier molecular flexibility index (Phi) is 5.86. The molecule has 4 rings (SSSR count). The highest BCUT2D eigenvalue weighted by atomic mass is 35.5. The van der Waals surface area contributed by atoms with Gasteiger partial charge in [0.05, 0.1) is 30.8 Å². The van der Waals surface area contributed by atoms with E-state index in [-0.39, 0.29) is 18.4 Å². The van der Waals surface area contributed by atoms with E-state index in [0.29, 0.717) is 22.9 Å². The van der Waals surface area contributed by atoms with Crippen LogP contribution in [0.5, 0.6) is 0 Å². The van der Waals surface area contributed by atoms with Gasteiger partial charge in [0.15, 0.2) is 5.69 Å². The molecule has 7 heteroatoms. The molecule has 154 valence electrons. The first-order chi connectivity index (χ1) is 14.5. The Bertz CT molecular complexity index is 1090. The number of ether oxygens (including phenoxy) is 1. The van der Waals surface area contributed by atoms with Crippen LogP contribution in [-0.2, 0) is 24.2 Å². The average molecular weight is 424 g/mol. The highest BCUT2D eigenvalue weighted by Crippen LogP contribution is 2.26. The van der Waals surface area contributed by atoms with Crippen LogP contribution in [0.1, 0.15) is 29.5 Å². The zero-order valence-electron chi connectivity index (χ0n) is 16.7. The molecule has 2 aromatic carbocycles. The van der Waals surface area contributed by atoms with Crippen molar-refractivity contribution in [1.82, 2.24) is 4.57 Å². The van der Waals surface area contributed by atoms with E-state index in [1.807, 2.05) is 35.0 Å². The molecule has 1 aliphatic rings. The van der Waals surface area contributed by atoms with Crippen LogP contribution in [0.2, 0.25) is 5.02 Å². The molecule has 0 amide bonds. The van der Waals surface area contributed by atoms with Crippen LogP contribution in [0.25, 0.3) is 11.3 Å². The number of fused-ring (bicyclic) bond motifs is 1. The zero-order chi connectivity index (χ0) is 21.1. The maximum absolute atomic E-state index is 12.6. The van der Waals surface area contributed by atoms with E-state index in [2.05, 4.69) is 9.56 Å². The molecular weight excluding hydrogens is 402 g/mol. The van der Waals surface area contributed by atoms with E-state index in [9.17, 15) is 9.90 Å². The van der Waals surface area contributed by atoms with Crippen LogP contribution in [0, 0.1) is 0 Å². The molecule has 1 aromatic heterocycles. The van der Waals surface area contributed by atoms with Crippen LogP contribution >= 0.6 is 11.6 Å². The van der Waals surface area contributed by atoms with Crippen molar-refractivity contribution in [2.24, 2.45) is 4.99 Å². The van der Waals surface area contributed by atoms with E-state index in [0.717, 1.165) is 36.5 Å². The minimum absolute atomic E-state index is 0.169. The number of hydrogen-bond donors (Lipinski definition) is 0. The molecule has 30 heavy (non-hydrogen) atoms. The highest BCUT2D eigenvalue weighted by molar-refractivity contribution is 6.30. The van der Waals surface area contributed by atoms with Gasteiger partial charge >= 0.3 is 5.97 Å². The first-order valence-corrected chi connectivity index (χ1v) is 10.3. The number of carbonyl (C=O) groups excluding carboxylic acids is 1. The lowest BCUT2D eigenvalue weighted by Crippen LogP contribution is -2.43. The largest absolute Gasteiger partial charge is 0.859 e. The summed E-state index contributed by atoms with van der Waals surface area (Å²) >= 11 is 6.02. The molecule has 0 fully saturated rings. The lowest BCUT2D eigenvalue weighted by atomic mass is 10.2. The van der Waals surface area contributed by atoms with Crippen molar-refractivity contribution in [3.63, 3.8) is 0 Å². The fraction of sp³-hybridized carbons (Fsp3) is 0.261. The smallest absolute Gasteiger partial charge is 0.338 e. The summed E-state index contributed by atoms with van der Waals surface area (Å²) in [5.74, 6) is 0.498. The number of aromatic nitrogens is 2. The number of nitrogens with zero attached hydrogens (tertiary/aromatic N) is 3. The third-order valence-corrected chi connectivity index (χ3v) is 5.32. The summed E-state index contributed by atoms with van der Waals surface area (Å²) in [6, 6.07) is 14.3. The van der Waals surface area contributed by atoms with E-state index in [1.165, 1.54) is 0 Å². The Balaban J connectivity index is 1.55. The standard InChI is InChI=1S/C23H22ClN3O3/c1-2-30-23(29)17-7-11-19(12-8-17)25-21(28)15-26-14-20(27-13-3-4-22(26)27)16-5-9-18(24)10-6-16/h5-12,14H,2-4,13,15H2,1H3. The number of halogens is 1. The second-order valence-electron chi connectivity index (χ2n) is 7.09. The van der Waals surface area contributed by atoms with Crippen LogP contribution in [-0.4, -0.2) is 23.0 Å². The Labute approximate surface area is 180 Å². The molecule has 0 radical (unpaired) electrons. The molecule has 0 saturated heterocycles. The minimum Gasteiger partial charge on any atom is -0.859 e. The molecule has 3 aromatic rings. The number of imidazole rings is 1. The van der Waals surface area contributed by atoms with Gasteiger partial charge in [0.1, 0.15) is 12.7 Å². The fourth-order valence-electron chi connectivity index (χ4n) is 3.71. The summed E-state index contributed by atoms with van der Waals surface area (Å²) in [5.41, 5.74) is 3.10. The second kappa shape index (κ2) is 8.71. The lowest BCUT2D eigenvalue weighted by Gasteiger charge is -2.09. The van der Waals surface area contributed by atoms with Crippen molar-refractivity contribution in [1.29, 1.82) is 0 Å². The van der Waals surface area contributed by atoms with Gasteiger partial charge in [0.25, 0.3) is 5.82 Å². The van der Waals surface area contributed by atoms with Gasteiger partial charge in [-0.1, -0.05) is 11.6 Å². The molecule has 0 unspecified atom stereocenters. The van der Waals surface area contributed by atoms with Gasteiger partial charge in [-0.3, -0.25) is 4.99 Å². The molecule has 2 heterocycles. The molecule has 0 aliphatic carbocycles.